The topological polar surface area (TPSA) is 72.8 Å². The highest BCUT2D eigenvalue weighted by Gasteiger charge is 2.51. The average Bonchev–Trinajstić information content (AvgIpc) is 2.58. The summed E-state index contributed by atoms with van der Waals surface area (Å²) in [6, 6.07) is 0. The van der Waals surface area contributed by atoms with Crippen molar-refractivity contribution < 1.29 is 24.2 Å². The first-order valence-corrected chi connectivity index (χ1v) is 6.12. The van der Waals surface area contributed by atoms with Crippen molar-refractivity contribution in [2.75, 3.05) is 6.61 Å². The molecule has 2 heterocycles. The van der Waals surface area contributed by atoms with Crippen LogP contribution in [0.5, 0.6) is 0 Å². The van der Waals surface area contributed by atoms with E-state index in [2.05, 4.69) is 0 Å². The maximum absolute atomic E-state index is 11.6. The van der Waals surface area contributed by atoms with Crippen LogP contribution in [0.25, 0.3) is 0 Å². The summed E-state index contributed by atoms with van der Waals surface area (Å²) in [6.07, 6.45) is 2.19. The molecule has 0 aromatic carbocycles. The molecule has 4 atom stereocenters. The molecule has 0 bridgehead atoms. The molecule has 94 valence electrons. The zero-order valence-corrected chi connectivity index (χ0v) is 9.55. The molecule has 1 spiro atoms. The van der Waals surface area contributed by atoms with Gasteiger partial charge in [0.2, 0.25) is 6.29 Å². The SMILES string of the molecule is O=C1CC2(CCC3COC(=O)C3C2)CC(O)O1. The Hall–Kier alpha value is -1.10. The summed E-state index contributed by atoms with van der Waals surface area (Å²) in [5, 5.41) is 9.54. The van der Waals surface area contributed by atoms with Crippen LogP contribution in [-0.2, 0) is 19.1 Å². The second-order valence-electron chi connectivity index (χ2n) is 5.56. The molecular formula is C12H16O5. The third kappa shape index (κ3) is 1.82. The first-order valence-electron chi connectivity index (χ1n) is 6.12. The van der Waals surface area contributed by atoms with E-state index >= 15 is 0 Å². The molecule has 0 aromatic heterocycles. The van der Waals surface area contributed by atoms with E-state index in [0.29, 0.717) is 31.8 Å². The number of esters is 2. The van der Waals surface area contributed by atoms with Crippen molar-refractivity contribution >= 4 is 11.9 Å². The predicted molar refractivity (Wildman–Crippen MR) is 55.6 cm³/mol. The molecule has 2 saturated heterocycles. The van der Waals surface area contributed by atoms with Crippen LogP contribution in [0.3, 0.4) is 0 Å². The largest absolute Gasteiger partial charge is 0.465 e. The van der Waals surface area contributed by atoms with Gasteiger partial charge in [0.15, 0.2) is 0 Å². The van der Waals surface area contributed by atoms with Crippen LogP contribution in [0, 0.1) is 17.3 Å². The molecule has 1 N–H and O–H groups in total. The number of rotatable bonds is 0. The molecule has 3 aliphatic rings. The van der Waals surface area contributed by atoms with Gasteiger partial charge >= 0.3 is 11.9 Å². The minimum absolute atomic E-state index is 0.0816. The maximum Gasteiger partial charge on any atom is 0.309 e. The van der Waals surface area contributed by atoms with Gasteiger partial charge in [0, 0.05) is 12.3 Å². The lowest BCUT2D eigenvalue weighted by atomic mass is 9.62. The summed E-state index contributed by atoms with van der Waals surface area (Å²) in [4.78, 5) is 23.0. The van der Waals surface area contributed by atoms with Crippen LogP contribution in [0.4, 0.5) is 0 Å². The van der Waals surface area contributed by atoms with Gasteiger partial charge in [0.05, 0.1) is 18.9 Å². The van der Waals surface area contributed by atoms with E-state index in [4.69, 9.17) is 9.47 Å². The van der Waals surface area contributed by atoms with Gasteiger partial charge in [-0.2, -0.15) is 0 Å². The number of cyclic esters (lactones) is 2. The number of aliphatic hydroxyl groups is 1. The highest BCUT2D eigenvalue weighted by molar-refractivity contribution is 5.76. The summed E-state index contributed by atoms with van der Waals surface area (Å²) in [6.45, 7) is 0.520. The fourth-order valence-electron chi connectivity index (χ4n) is 3.53. The zero-order valence-electron chi connectivity index (χ0n) is 9.55. The van der Waals surface area contributed by atoms with E-state index in [9.17, 15) is 14.7 Å². The molecule has 1 saturated carbocycles. The van der Waals surface area contributed by atoms with Crippen molar-refractivity contribution in [3.63, 3.8) is 0 Å². The molecule has 5 heteroatoms. The van der Waals surface area contributed by atoms with Crippen LogP contribution in [0.2, 0.25) is 0 Å². The molecule has 3 rings (SSSR count). The lowest BCUT2D eigenvalue weighted by Crippen LogP contribution is -2.43. The third-order valence-electron chi connectivity index (χ3n) is 4.40. The lowest BCUT2D eigenvalue weighted by molar-refractivity contribution is -0.194. The van der Waals surface area contributed by atoms with Crippen molar-refractivity contribution in [2.45, 2.75) is 38.4 Å². The lowest BCUT2D eigenvalue weighted by Gasteiger charge is -2.43. The van der Waals surface area contributed by atoms with Crippen LogP contribution < -0.4 is 0 Å². The van der Waals surface area contributed by atoms with E-state index in [1.807, 2.05) is 0 Å². The molecule has 4 unspecified atom stereocenters. The van der Waals surface area contributed by atoms with Crippen molar-refractivity contribution in [3.8, 4) is 0 Å². The number of ether oxygens (including phenoxy) is 2. The first-order chi connectivity index (χ1) is 8.08. The molecule has 3 fully saturated rings. The summed E-state index contributed by atoms with van der Waals surface area (Å²) >= 11 is 0. The molecule has 1 aliphatic carbocycles. The van der Waals surface area contributed by atoms with E-state index in [0.717, 1.165) is 12.8 Å². The molecule has 5 nitrogen and oxygen atoms in total. The predicted octanol–water partition coefficient (Wildman–Crippen LogP) is 0.601. The molecular weight excluding hydrogens is 224 g/mol. The van der Waals surface area contributed by atoms with Crippen molar-refractivity contribution in [1.29, 1.82) is 0 Å². The highest BCUT2D eigenvalue weighted by Crippen LogP contribution is 2.51. The van der Waals surface area contributed by atoms with E-state index < -0.39 is 6.29 Å². The van der Waals surface area contributed by atoms with Gasteiger partial charge in [-0.1, -0.05) is 0 Å². The Labute approximate surface area is 99.1 Å². The number of hydrogen-bond acceptors (Lipinski definition) is 5. The smallest absolute Gasteiger partial charge is 0.309 e. The van der Waals surface area contributed by atoms with Crippen molar-refractivity contribution in [3.05, 3.63) is 0 Å². The number of aliphatic hydroxyl groups excluding tert-OH is 1. The molecule has 2 aliphatic heterocycles. The minimum atomic E-state index is -1.01. The highest BCUT2D eigenvalue weighted by atomic mass is 16.6. The van der Waals surface area contributed by atoms with Gasteiger partial charge in [-0.3, -0.25) is 9.59 Å². The summed E-state index contributed by atoms with van der Waals surface area (Å²) in [5.74, 6) is -0.263. The van der Waals surface area contributed by atoms with Gasteiger partial charge in [-0.25, -0.2) is 0 Å². The number of hydrogen-bond donors (Lipinski definition) is 1. The Bertz CT molecular complexity index is 366. The van der Waals surface area contributed by atoms with Crippen LogP contribution >= 0.6 is 0 Å². The van der Waals surface area contributed by atoms with E-state index in [1.54, 1.807) is 0 Å². The quantitative estimate of drug-likeness (QED) is 0.628. The summed E-state index contributed by atoms with van der Waals surface area (Å²) in [5.41, 5.74) is -0.251. The third-order valence-corrected chi connectivity index (χ3v) is 4.40. The van der Waals surface area contributed by atoms with Crippen LogP contribution in [-0.4, -0.2) is 29.9 Å². The second kappa shape index (κ2) is 3.70. The van der Waals surface area contributed by atoms with Gasteiger partial charge in [-0.15, -0.1) is 0 Å². The molecule has 17 heavy (non-hydrogen) atoms. The Balaban J connectivity index is 1.79. The molecule has 0 aromatic rings. The van der Waals surface area contributed by atoms with Crippen molar-refractivity contribution in [1.82, 2.24) is 0 Å². The van der Waals surface area contributed by atoms with Crippen LogP contribution in [0.1, 0.15) is 32.1 Å². The Morgan fingerprint density at radius 3 is 2.88 bits per heavy atom. The normalized spacial score (nSPS) is 45.4. The summed E-state index contributed by atoms with van der Waals surface area (Å²) in [7, 11) is 0. The Morgan fingerprint density at radius 2 is 2.12 bits per heavy atom. The Kier molecular flexibility index (Phi) is 2.40. The maximum atomic E-state index is 11.6. The monoisotopic (exact) mass is 240 g/mol. The minimum Gasteiger partial charge on any atom is -0.465 e. The van der Waals surface area contributed by atoms with Gasteiger partial charge in [0.25, 0.3) is 0 Å². The van der Waals surface area contributed by atoms with Crippen LogP contribution in [0.15, 0.2) is 0 Å². The van der Waals surface area contributed by atoms with E-state index in [1.165, 1.54) is 0 Å². The standard InChI is InChI=1S/C12H16O5/c13-9-4-12(5-10(14)17-9)2-1-7-6-16-11(15)8(7)3-12/h7-9,13H,1-6H2. The number of carbonyl (C=O) groups excluding carboxylic acids is 2. The Morgan fingerprint density at radius 1 is 1.29 bits per heavy atom. The zero-order chi connectivity index (χ0) is 12.0. The summed E-state index contributed by atoms with van der Waals surface area (Å²) < 4.78 is 9.82. The molecule has 0 radical (unpaired) electrons. The van der Waals surface area contributed by atoms with E-state index in [-0.39, 0.29) is 23.3 Å². The van der Waals surface area contributed by atoms with Gasteiger partial charge in [0.1, 0.15) is 0 Å². The average molecular weight is 240 g/mol. The second-order valence-corrected chi connectivity index (χ2v) is 5.56. The number of fused-ring (bicyclic) bond motifs is 1. The fourth-order valence-corrected chi connectivity index (χ4v) is 3.53. The van der Waals surface area contributed by atoms with Crippen molar-refractivity contribution in [2.24, 2.45) is 17.3 Å². The molecule has 0 amide bonds. The first kappa shape index (κ1) is 11.0. The van der Waals surface area contributed by atoms with Gasteiger partial charge in [-0.05, 0) is 24.7 Å². The van der Waals surface area contributed by atoms with Gasteiger partial charge < -0.3 is 14.6 Å². The fraction of sp³-hybridized carbons (Fsp3) is 0.833. The number of carbonyl (C=O) groups is 2.